The number of hydrogen-bond acceptors (Lipinski definition) is 3. The molecule has 1 aliphatic rings. The van der Waals surface area contributed by atoms with Gasteiger partial charge in [-0.2, -0.15) is 0 Å². The van der Waals surface area contributed by atoms with Crippen molar-refractivity contribution in [1.29, 1.82) is 0 Å². The fourth-order valence-corrected chi connectivity index (χ4v) is 4.40. The van der Waals surface area contributed by atoms with E-state index >= 15 is 0 Å². The molecule has 1 fully saturated rings. The molecule has 0 aliphatic heterocycles. The molecule has 0 spiro atoms. The molecule has 1 amide bonds. The van der Waals surface area contributed by atoms with E-state index in [1.54, 1.807) is 42.6 Å². The van der Waals surface area contributed by atoms with Crippen LogP contribution in [0.15, 0.2) is 54.7 Å². The van der Waals surface area contributed by atoms with Gasteiger partial charge in [-0.05, 0) is 91.6 Å². The second-order valence-electron chi connectivity index (χ2n) is 7.74. The summed E-state index contributed by atoms with van der Waals surface area (Å²) in [6, 6.07) is 13.5. The van der Waals surface area contributed by atoms with E-state index in [2.05, 4.69) is 4.98 Å². The van der Waals surface area contributed by atoms with Gasteiger partial charge in [0.25, 0.3) is 5.91 Å². The minimum Gasteiger partial charge on any atom is -0.276 e. The summed E-state index contributed by atoms with van der Waals surface area (Å²) >= 11 is 5.88. The average molecular weight is 412 g/mol. The second kappa shape index (κ2) is 8.47. The number of pyridine rings is 1. The van der Waals surface area contributed by atoms with Crippen LogP contribution < -0.4 is 5.84 Å². The van der Waals surface area contributed by atoms with Crippen LogP contribution in [0, 0.1) is 11.7 Å². The number of hydrazine groups is 1. The van der Waals surface area contributed by atoms with Crippen molar-refractivity contribution in [3.05, 3.63) is 76.7 Å². The van der Waals surface area contributed by atoms with Crippen molar-refractivity contribution in [3.63, 3.8) is 0 Å². The minimum absolute atomic E-state index is 0.195. The van der Waals surface area contributed by atoms with Gasteiger partial charge in [0.1, 0.15) is 5.82 Å². The fraction of sp³-hybridized carbons (Fsp3) is 0.304. The SMILES string of the molecule is NN(CC1CCC(c2ccnc3ccc(F)cc23)CC1)C(=O)c1ccc(Cl)cc1. The van der Waals surface area contributed by atoms with E-state index in [1.165, 1.54) is 11.1 Å². The molecular weight excluding hydrogens is 389 g/mol. The summed E-state index contributed by atoms with van der Waals surface area (Å²) in [7, 11) is 0. The number of fused-ring (bicyclic) bond motifs is 1. The molecule has 0 radical (unpaired) electrons. The first-order chi connectivity index (χ1) is 14.0. The first-order valence-corrected chi connectivity index (χ1v) is 10.3. The molecule has 4 rings (SSSR count). The van der Waals surface area contributed by atoms with Crippen LogP contribution in [0.2, 0.25) is 5.02 Å². The predicted octanol–water partition coefficient (Wildman–Crippen LogP) is 5.32. The highest BCUT2D eigenvalue weighted by atomic mass is 35.5. The van der Waals surface area contributed by atoms with Gasteiger partial charge in [0.05, 0.1) is 5.52 Å². The maximum Gasteiger partial charge on any atom is 0.267 e. The highest BCUT2D eigenvalue weighted by Crippen LogP contribution is 2.38. The Morgan fingerprint density at radius 1 is 1.10 bits per heavy atom. The quantitative estimate of drug-likeness (QED) is 0.359. The van der Waals surface area contributed by atoms with E-state index in [-0.39, 0.29) is 11.7 Å². The lowest BCUT2D eigenvalue weighted by atomic mass is 9.78. The summed E-state index contributed by atoms with van der Waals surface area (Å²) in [5, 5.41) is 2.80. The van der Waals surface area contributed by atoms with Crippen LogP contribution in [-0.2, 0) is 0 Å². The Balaban J connectivity index is 1.39. The van der Waals surface area contributed by atoms with E-state index < -0.39 is 0 Å². The van der Waals surface area contributed by atoms with Crippen molar-refractivity contribution < 1.29 is 9.18 Å². The smallest absolute Gasteiger partial charge is 0.267 e. The molecule has 0 atom stereocenters. The van der Waals surface area contributed by atoms with Gasteiger partial charge < -0.3 is 0 Å². The van der Waals surface area contributed by atoms with Crippen molar-refractivity contribution in [2.45, 2.75) is 31.6 Å². The van der Waals surface area contributed by atoms with Gasteiger partial charge in [0.15, 0.2) is 0 Å². The van der Waals surface area contributed by atoms with Crippen LogP contribution in [0.25, 0.3) is 10.9 Å². The topological polar surface area (TPSA) is 59.2 Å². The number of carbonyl (C=O) groups is 1. The van der Waals surface area contributed by atoms with Gasteiger partial charge in [-0.1, -0.05) is 11.6 Å². The number of halogens is 2. The van der Waals surface area contributed by atoms with Crippen LogP contribution in [0.1, 0.15) is 47.5 Å². The lowest BCUT2D eigenvalue weighted by molar-refractivity contribution is 0.0711. The molecular formula is C23H23ClFN3O. The Labute approximate surface area is 174 Å². The average Bonchev–Trinajstić information content (AvgIpc) is 2.74. The minimum atomic E-state index is -0.236. The molecule has 0 bridgehead atoms. The molecule has 29 heavy (non-hydrogen) atoms. The number of nitrogens with zero attached hydrogens (tertiary/aromatic N) is 2. The Bertz CT molecular complexity index is 1020. The van der Waals surface area contributed by atoms with E-state index in [9.17, 15) is 9.18 Å². The zero-order chi connectivity index (χ0) is 20.4. The van der Waals surface area contributed by atoms with Gasteiger partial charge in [-0.25, -0.2) is 10.2 Å². The maximum atomic E-state index is 13.7. The summed E-state index contributed by atoms with van der Waals surface area (Å²) < 4.78 is 13.7. The predicted molar refractivity (Wildman–Crippen MR) is 113 cm³/mol. The maximum absolute atomic E-state index is 13.7. The number of nitrogens with two attached hydrogens (primary N) is 1. The first-order valence-electron chi connectivity index (χ1n) is 9.87. The van der Waals surface area contributed by atoms with E-state index in [0.717, 1.165) is 42.1 Å². The number of aromatic nitrogens is 1. The van der Waals surface area contributed by atoms with Gasteiger partial charge in [0.2, 0.25) is 0 Å². The van der Waals surface area contributed by atoms with Crippen molar-refractivity contribution in [3.8, 4) is 0 Å². The standard InChI is InChI=1S/C23H23ClFN3O/c24-18-7-5-17(6-8-18)23(29)28(26)14-15-1-3-16(4-2-15)20-11-12-27-22-10-9-19(25)13-21(20)22/h5-13,15-16H,1-4,14,26H2. The third-order valence-electron chi connectivity index (χ3n) is 5.83. The molecule has 0 saturated heterocycles. The third kappa shape index (κ3) is 4.41. The van der Waals surface area contributed by atoms with E-state index in [4.69, 9.17) is 17.4 Å². The third-order valence-corrected chi connectivity index (χ3v) is 6.08. The van der Waals surface area contributed by atoms with Crippen LogP contribution >= 0.6 is 11.6 Å². The van der Waals surface area contributed by atoms with Gasteiger partial charge in [0, 0.05) is 28.7 Å². The normalized spacial score (nSPS) is 19.3. The van der Waals surface area contributed by atoms with Crippen molar-refractivity contribution >= 4 is 28.4 Å². The molecule has 1 heterocycles. The van der Waals surface area contributed by atoms with Crippen LogP contribution in [0.3, 0.4) is 0 Å². The molecule has 1 saturated carbocycles. The van der Waals surface area contributed by atoms with E-state index in [0.29, 0.717) is 29.0 Å². The summed E-state index contributed by atoms with van der Waals surface area (Å²) in [5.74, 6) is 6.36. The Morgan fingerprint density at radius 3 is 2.55 bits per heavy atom. The summed E-state index contributed by atoms with van der Waals surface area (Å²) in [6.45, 7) is 0.528. The molecule has 3 aromatic rings. The first kappa shape index (κ1) is 19.8. The Morgan fingerprint density at radius 2 is 1.83 bits per heavy atom. The summed E-state index contributed by atoms with van der Waals surface area (Å²) in [5.41, 5.74) is 2.53. The molecule has 2 aromatic carbocycles. The molecule has 150 valence electrons. The summed E-state index contributed by atoms with van der Waals surface area (Å²) in [4.78, 5) is 16.9. The molecule has 4 nitrogen and oxygen atoms in total. The highest BCUT2D eigenvalue weighted by molar-refractivity contribution is 6.30. The number of hydrogen-bond donors (Lipinski definition) is 1. The van der Waals surface area contributed by atoms with Crippen LogP contribution in [0.5, 0.6) is 0 Å². The Kier molecular flexibility index (Phi) is 5.79. The monoisotopic (exact) mass is 411 g/mol. The molecule has 2 N–H and O–H groups in total. The molecule has 0 unspecified atom stereocenters. The largest absolute Gasteiger partial charge is 0.276 e. The van der Waals surface area contributed by atoms with Gasteiger partial charge >= 0.3 is 0 Å². The lowest BCUT2D eigenvalue weighted by Crippen LogP contribution is -2.41. The van der Waals surface area contributed by atoms with Crippen molar-refractivity contribution in [1.82, 2.24) is 9.99 Å². The number of rotatable bonds is 4. The highest BCUT2D eigenvalue weighted by Gasteiger charge is 2.26. The van der Waals surface area contributed by atoms with Crippen molar-refractivity contribution in [2.24, 2.45) is 11.8 Å². The second-order valence-corrected chi connectivity index (χ2v) is 8.18. The molecule has 1 aliphatic carbocycles. The lowest BCUT2D eigenvalue weighted by Gasteiger charge is -2.31. The number of amides is 1. The molecule has 1 aromatic heterocycles. The number of carbonyl (C=O) groups excluding carboxylic acids is 1. The van der Waals surface area contributed by atoms with Gasteiger partial charge in [-0.15, -0.1) is 0 Å². The fourth-order valence-electron chi connectivity index (χ4n) is 4.27. The molecule has 6 heteroatoms. The zero-order valence-electron chi connectivity index (χ0n) is 16.0. The van der Waals surface area contributed by atoms with Gasteiger partial charge in [-0.3, -0.25) is 14.8 Å². The van der Waals surface area contributed by atoms with Crippen molar-refractivity contribution in [2.75, 3.05) is 6.54 Å². The zero-order valence-corrected chi connectivity index (χ0v) is 16.8. The number of benzene rings is 2. The Hall–Kier alpha value is -2.50. The van der Waals surface area contributed by atoms with E-state index in [1.807, 2.05) is 6.07 Å². The van der Waals surface area contributed by atoms with Crippen LogP contribution in [0.4, 0.5) is 4.39 Å². The van der Waals surface area contributed by atoms with Crippen LogP contribution in [-0.4, -0.2) is 22.4 Å². The summed E-state index contributed by atoms with van der Waals surface area (Å²) in [6.07, 6.45) is 5.73.